The van der Waals surface area contributed by atoms with Crippen molar-refractivity contribution in [1.82, 2.24) is 0 Å². The lowest BCUT2D eigenvalue weighted by molar-refractivity contribution is 0.0890. The first-order valence-corrected chi connectivity index (χ1v) is 6.93. The number of rotatable bonds is 4. The van der Waals surface area contributed by atoms with Gasteiger partial charge in [-0.15, -0.1) is 0 Å². The molecular formula is C16H14F2O3. The van der Waals surface area contributed by atoms with Gasteiger partial charge in [-0.25, -0.2) is 8.78 Å². The molecule has 0 atom stereocenters. The monoisotopic (exact) mass is 292 g/mol. The molecule has 1 aromatic heterocycles. The SMILES string of the molecule is O=C(CCC1CC(F)C1)c1cc(=O)c2cc(F)ccc2o1. The lowest BCUT2D eigenvalue weighted by Gasteiger charge is -2.29. The zero-order valence-corrected chi connectivity index (χ0v) is 11.3. The number of benzene rings is 1. The van der Waals surface area contributed by atoms with Crippen molar-refractivity contribution in [2.24, 2.45) is 5.92 Å². The lowest BCUT2D eigenvalue weighted by atomic mass is 9.80. The van der Waals surface area contributed by atoms with Crippen LogP contribution in [-0.4, -0.2) is 12.0 Å². The van der Waals surface area contributed by atoms with Crippen LogP contribution in [-0.2, 0) is 0 Å². The van der Waals surface area contributed by atoms with Gasteiger partial charge in [0.15, 0.2) is 17.0 Å². The average Bonchev–Trinajstić information content (AvgIpc) is 2.42. The normalized spacial score (nSPS) is 21.2. The fraction of sp³-hybridized carbons (Fsp3) is 0.375. The fourth-order valence-electron chi connectivity index (χ4n) is 2.61. The van der Waals surface area contributed by atoms with Gasteiger partial charge >= 0.3 is 0 Å². The largest absolute Gasteiger partial charge is 0.453 e. The highest BCUT2D eigenvalue weighted by Gasteiger charge is 2.29. The number of carbonyl (C=O) groups excluding carboxylic acids is 1. The van der Waals surface area contributed by atoms with Gasteiger partial charge in [0.25, 0.3) is 0 Å². The van der Waals surface area contributed by atoms with Gasteiger partial charge in [0.05, 0.1) is 5.39 Å². The Morgan fingerprint density at radius 2 is 2.05 bits per heavy atom. The van der Waals surface area contributed by atoms with E-state index in [1.54, 1.807) is 0 Å². The molecule has 0 bridgehead atoms. The van der Waals surface area contributed by atoms with Gasteiger partial charge in [-0.3, -0.25) is 9.59 Å². The van der Waals surface area contributed by atoms with Crippen LogP contribution >= 0.6 is 0 Å². The van der Waals surface area contributed by atoms with E-state index in [0.29, 0.717) is 19.3 Å². The van der Waals surface area contributed by atoms with E-state index in [1.165, 1.54) is 12.1 Å². The van der Waals surface area contributed by atoms with Gasteiger partial charge in [0, 0.05) is 12.5 Å². The van der Waals surface area contributed by atoms with Gasteiger partial charge in [-0.05, 0) is 43.4 Å². The lowest BCUT2D eigenvalue weighted by Crippen LogP contribution is -2.25. The molecule has 5 heteroatoms. The van der Waals surface area contributed by atoms with Crippen molar-refractivity contribution in [3.63, 3.8) is 0 Å². The van der Waals surface area contributed by atoms with Crippen LogP contribution in [0.5, 0.6) is 0 Å². The van der Waals surface area contributed by atoms with Crippen LogP contribution in [0.15, 0.2) is 33.5 Å². The number of alkyl halides is 1. The number of ketones is 1. The van der Waals surface area contributed by atoms with Gasteiger partial charge < -0.3 is 4.42 Å². The second-order valence-corrected chi connectivity index (χ2v) is 5.51. The van der Waals surface area contributed by atoms with E-state index in [2.05, 4.69) is 0 Å². The average molecular weight is 292 g/mol. The predicted molar refractivity (Wildman–Crippen MR) is 73.6 cm³/mol. The standard InChI is InChI=1S/C16H14F2O3/c17-10-2-4-15-12(7-10)14(20)8-16(21-15)13(19)3-1-9-5-11(18)6-9/h2,4,7-9,11H,1,3,5-6H2. The Morgan fingerprint density at radius 1 is 1.29 bits per heavy atom. The molecule has 3 rings (SSSR count). The molecule has 0 unspecified atom stereocenters. The molecule has 1 fully saturated rings. The second-order valence-electron chi connectivity index (χ2n) is 5.51. The highest BCUT2D eigenvalue weighted by molar-refractivity contribution is 5.94. The summed E-state index contributed by atoms with van der Waals surface area (Å²) < 4.78 is 31.2. The zero-order chi connectivity index (χ0) is 15.0. The molecule has 3 nitrogen and oxygen atoms in total. The molecule has 0 aliphatic heterocycles. The van der Waals surface area contributed by atoms with Crippen LogP contribution in [0.25, 0.3) is 11.0 Å². The maximum atomic E-state index is 13.1. The van der Waals surface area contributed by atoms with Crippen molar-refractivity contribution in [2.75, 3.05) is 0 Å². The minimum atomic E-state index is -0.737. The summed E-state index contributed by atoms with van der Waals surface area (Å²) in [5.41, 5.74) is -0.244. The molecule has 2 aromatic rings. The van der Waals surface area contributed by atoms with Crippen LogP contribution in [0.3, 0.4) is 0 Å². The van der Waals surface area contributed by atoms with E-state index in [4.69, 9.17) is 4.42 Å². The van der Waals surface area contributed by atoms with Crippen molar-refractivity contribution in [3.05, 3.63) is 46.1 Å². The van der Waals surface area contributed by atoms with Crippen molar-refractivity contribution >= 4 is 16.8 Å². The van der Waals surface area contributed by atoms with Crippen molar-refractivity contribution in [1.29, 1.82) is 0 Å². The maximum absolute atomic E-state index is 13.1. The van der Waals surface area contributed by atoms with Crippen LogP contribution in [0.4, 0.5) is 8.78 Å². The molecule has 1 aromatic carbocycles. The highest BCUT2D eigenvalue weighted by atomic mass is 19.1. The molecule has 0 N–H and O–H groups in total. The summed E-state index contributed by atoms with van der Waals surface area (Å²) in [6.45, 7) is 0. The first-order valence-electron chi connectivity index (χ1n) is 6.93. The first kappa shape index (κ1) is 13.9. The summed E-state index contributed by atoms with van der Waals surface area (Å²) in [5.74, 6) is -0.583. The van der Waals surface area contributed by atoms with E-state index in [0.717, 1.165) is 12.1 Å². The molecule has 1 heterocycles. The van der Waals surface area contributed by atoms with Gasteiger partial charge in [-0.1, -0.05) is 0 Å². The van der Waals surface area contributed by atoms with Crippen LogP contribution in [0.1, 0.15) is 36.2 Å². The third kappa shape index (κ3) is 2.86. The first-order chi connectivity index (χ1) is 10.0. The van der Waals surface area contributed by atoms with E-state index in [1.807, 2.05) is 0 Å². The molecule has 1 saturated carbocycles. The minimum Gasteiger partial charge on any atom is -0.453 e. The Kier molecular flexibility index (Phi) is 3.57. The van der Waals surface area contributed by atoms with E-state index >= 15 is 0 Å². The number of halogens is 2. The van der Waals surface area contributed by atoms with Gasteiger partial charge in [0.1, 0.15) is 17.6 Å². The summed E-state index contributed by atoms with van der Waals surface area (Å²) in [5, 5.41) is 0.116. The zero-order valence-electron chi connectivity index (χ0n) is 11.3. The number of Topliss-reactive ketones (excluding diaryl/α,β-unsaturated/α-hetero) is 1. The molecule has 0 radical (unpaired) electrons. The molecule has 21 heavy (non-hydrogen) atoms. The van der Waals surface area contributed by atoms with E-state index in [9.17, 15) is 18.4 Å². The van der Waals surface area contributed by atoms with Crippen molar-refractivity contribution in [3.8, 4) is 0 Å². The van der Waals surface area contributed by atoms with Crippen LogP contribution < -0.4 is 5.43 Å². The number of carbonyl (C=O) groups is 1. The molecule has 0 amide bonds. The fourth-order valence-corrected chi connectivity index (χ4v) is 2.61. The summed E-state index contributed by atoms with van der Waals surface area (Å²) in [4.78, 5) is 23.9. The Labute approximate surface area is 119 Å². The summed E-state index contributed by atoms with van der Waals surface area (Å²) >= 11 is 0. The van der Waals surface area contributed by atoms with Gasteiger partial charge in [0.2, 0.25) is 0 Å². The molecule has 0 saturated heterocycles. The van der Waals surface area contributed by atoms with Gasteiger partial charge in [-0.2, -0.15) is 0 Å². The predicted octanol–water partition coefficient (Wildman–Crippen LogP) is 3.64. The van der Waals surface area contributed by atoms with Crippen molar-refractivity contribution < 1.29 is 18.0 Å². The Hall–Kier alpha value is -2.04. The number of fused-ring (bicyclic) bond motifs is 1. The topological polar surface area (TPSA) is 47.3 Å². The number of hydrogen-bond acceptors (Lipinski definition) is 3. The second kappa shape index (κ2) is 5.39. The highest BCUT2D eigenvalue weighted by Crippen LogP contribution is 2.33. The minimum absolute atomic E-state index is 0.0183. The number of hydrogen-bond donors (Lipinski definition) is 0. The molecular weight excluding hydrogens is 278 g/mol. The Morgan fingerprint density at radius 3 is 2.76 bits per heavy atom. The summed E-state index contributed by atoms with van der Waals surface area (Å²) in [6.07, 6.45) is 1.11. The van der Waals surface area contributed by atoms with E-state index < -0.39 is 17.4 Å². The molecule has 1 aliphatic rings. The van der Waals surface area contributed by atoms with Crippen LogP contribution in [0, 0.1) is 11.7 Å². The third-order valence-electron chi connectivity index (χ3n) is 3.92. The quantitative estimate of drug-likeness (QED) is 0.808. The smallest absolute Gasteiger partial charge is 0.198 e. The Balaban J connectivity index is 1.78. The summed E-state index contributed by atoms with van der Waals surface area (Å²) in [6, 6.07) is 4.70. The summed E-state index contributed by atoms with van der Waals surface area (Å²) in [7, 11) is 0. The molecule has 110 valence electrons. The maximum Gasteiger partial charge on any atom is 0.198 e. The molecule has 1 aliphatic carbocycles. The third-order valence-corrected chi connectivity index (χ3v) is 3.92. The van der Waals surface area contributed by atoms with Crippen molar-refractivity contribution in [2.45, 2.75) is 31.9 Å². The Bertz CT molecular complexity index is 745. The van der Waals surface area contributed by atoms with Crippen LogP contribution in [0.2, 0.25) is 0 Å². The van der Waals surface area contributed by atoms with E-state index in [-0.39, 0.29) is 34.9 Å². The molecule has 0 spiro atoms.